The number of aryl methyl sites for hydroxylation is 1. The van der Waals surface area contributed by atoms with Crippen molar-refractivity contribution in [2.45, 2.75) is 13.0 Å². The molecule has 0 radical (unpaired) electrons. The van der Waals surface area contributed by atoms with Gasteiger partial charge in [0.05, 0.1) is 13.2 Å². The van der Waals surface area contributed by atoms with Gasteiger partial charge in [0.15, 0.2) is 0 Å². The molecule has 0 fully saturated rings. The fourth-order valence-electron chi connectivity index (χ4n) is 2.17. The molecule has 1 unspecified atom stereocenters. The quantitative estimate of drug-likeness (QED) is 0.884. The van der Waals surface area contributed by atoms with E-state index in [1.807, 2.05) is 25.1 Å². The van der Waals surface area contributed by atoms with Crippen molar-refractivity contribution in [3.63, 3.8) is 0 Å². The summed E-state index contributed by atoms with van der Waals surface area (Å²) in [6.45, 7) is 2.68. The Morgan fingerprint density at radius 2 is 2.10 bits per heavy atom. The second-order valence-electron chi connectivity index (χ2n) is 5.16. The second-order valence-corrected chi connectivity index (χ2v) is 5.16. The van der Waals surface area contributed by atoms with Crippen LogP contribution in [0, 0.1) is 6.92 Å². The zero-order valence-electron chi connectivity index (χ0n) is 13.0. The van der Waals surface area contributed by atoms with Gasteiger partial charge in [-0.15, -0.1) is 0 Å². The van der Waals surface area contributed by atoms with Crippen molar-refractivity contribution in [3.05, 3.63) is 47.8 Å². The van der Waals surface area contributed by atoms with E-state index < -0.39 is 0 Å². The number of benzene rings is 1. The Hall–Kier alpha value is -2.14. The predicted octanol–water partition coefficient (Wildman–Crippen LogP) is 2.51. The monoisotopic (exact) mass is 286 g/mol. The first kappa shape index (κ1) is 15.3. The van der Waals surface area contributed by atoms with Crippen molar-refractivity contribution in [2.75, 3.05) is 33.1 Å². The van der Waals surface area contributed by atoms with Crippen LogP contribution in [0.25, 0.3) is 0 Å². The smallest absolute Gasteiger partial charge is 0.222 e. The number of hydrogen-bond acceptors (Lipinski definition) is 5. The number of aromatic nitrogens is 2. The zero-order chi connectivity index (χ0) is 15.2. The van der Waals surface area contributed by atoms with Crippen molar-refractivity contribution < 1.29 is 4.74 Å². The van der Waals surface area contributed by atoms with Gasteiger partial charge < -0.3 is 15.0 Å². The van der Waals surface area contributed by atoms with Gasteiger partial charge in [0.2, 0.25) is 5.95 Å². The van der Waals surface area contributed by atoms with E-state index in [0.29, 0.717) is 5.95 Å². The molecule has 1 aromatic carbocycles. The highest BCUT2D eigenvalue weighted by molar-refractivity contribution is 5.32. The molecule has 1 heterocycles. The molecule has 1 N–H and O–H groups in total. The Kier molecular flexibility index (Phi) is 5.11. The molecule has 1 atom stereocenters. The fourth-order valence-corrected chi connectivity index (χ4v) is 2.17. The lowest BCUT2D eigenvalue weighted by atomic mass is 10.1. The van der Waals surface area contributed by atoms with Gasteiger partial charge in [-0.25, -0.2) is 9.97 Å². The lowest BCUT2D eigenvalue weighted by Gasteiger charge is -2.25. The summed E-state index contributed by atoms with van der Waals surface area (Å²) in [4.78, 5) is 10.8. The molecule has 2 rings (SSSR count). The summed E-state index contributed by atoms with van der Waals surface area (Å²) in [7, 11) is 5.80. The Balaban J connectivity index is 2.12. The molecule has 1 aromatic heterocycles. The van der Waals surface area contributed by atoms with Gasteiger partial charge in [-0.2, -0.15) is 0 Å². The molecule has 0 aliphatic heterocycles. The van der Waals surface area contributed by atoms with Crippen LogP contribution in [0.3, 0.4) is 0 Å². The molecule has 0 saturated heterocycles. The molecule has 0 aliphatic carbocycles. The molecule has 0 spiro atoms. The Labute approximate surface area is 126 Å². The van der Waals surface area contributed by atoms with Crippen molar-refractivity contribution in [1.29, 1.82) is 0 Å². The van der Waals surface area contributed by atoms with Gasteiger partial charge >= 0.3 is 0 Å². The summed E-state index contributed by atoms with van der Waals surface area (Å²) < 4.78 is 5.30. The van der Waals surface area contributed by atoms with Gasteiger partial charge in [0.25, 0.3) is 0 Å². The van der Waals surface area contributed by atoms with E-state index in [1.54, 1.807) is 13.3 Å². The van der Waals surface area contributed by atoms with Crippen molar-refractivity contribution in [2.24, 2.45) is 0 Å². The highest BCUT2D eigenvalue weighted by atomic mass is 16.5. The molecule has 0 aliphatic rings. The predicted molar refractivity (Wildman–Crippen MR) is 84.7 cm³/mol. The summed E-state index contributed by atoms with van der Waals surface area (Å²) in [6.07, 6.45) is 1.76. The highest BCUT2D eigenvalue weighted by Gasteiger charge is 2.15. The zero-order valence-corrected chi connectivity index (χ0v) is 13.0. The minimum atomic E-state index is 0.212. The van der Waals surface area contributed by atoms with E-state index in [2.05, 4.69) is 46.4 Å². The van der Waals surface area contributed by atoms with Crippen LogP contribution in [0.2, 0.25) is 0 Å². The number of hydrogen-bond donors (Lipinski definition) is 1. The average molecular weight is 286 g/mol. The minimum Gasteiger partial charge on any atom is -0.497 e. The maximum Gasteiger partial charge on any atom is 0.222 e. The Bertz CT molecular complexity index is 586. The van der Waals surface area contributed by atoms with E-state index in [0.717, 1.165) is 18.0 Å². The molecular formula is C16H22N4O. The number of rotatable bonds is 6. The molecule has 21 heavy (non-hydrogen) atoms. The van der Waals surface area contributed by atoms with E-state index in [9.17, 15) is 0 Å². The average Bonchev–Trinajstić information content (AvgIpc) is 2.47. The van der Waals surface area contributed by atoms with Crippen LogP contribution in [0.5, 0.6) is 5.75 Å². The number of nitrogens with one attached hydrogen (secondary N) is 1. The SMILES string of the molecule is COc1cccc(C(CNc2nccc(C)n2)N(C)C)c1. The first-order valence-electron chi connectivity index (χ1n) is 6.94. The van der Waals surface area contributed by atoms with Crippen LogP contribution in [0.1, 0.15) is 17.3 Å². The topological polar surface area (TPSA) is 50.3 Å². The van der Waals surface area contributed by atoms with E-state index in [-0.39, 0.29) is 6.04 Å². The molecule has 0 saturated carbocycles. The lowest BCUT2D eigenvalue weighted by Crippen LogP contribution is -2.27. The van der Waals surface area contributed by atoms with Crippen LogP contribution in [0.15, 0.2) is 36.5 Å². The number of methoxy groups -OCH3 is 1. The maximum absolute atomic E-state index is 5.30. The van der Waals surface area contributed by atoms with Crippen LogP contribution in [-0.2, 0) is 0 Å². The molecule has 0 amide bonds. The van der Waals surface area contributed by atoms with Crippen molar-refractivity contribution in [3.8, 4) is 5.75 Å². The van der Waals surface area contributed by atoms with Gasteiger partial charge in [-0.3, -0.25) is 0 Å². The number of ether oxygens (including phenoxy) is 1. The minimum absolute atomic E-state index is 0.212. The van der Waals surface area contributed by atoms with Crippen molar-refractivity contribution >= 4 is 5.95 Å². The van der Waals surface area contributed by atoms with Crippen LogP contribution < -0.4 is 10.1 Å². The normalized spacial score (nSPS) is 12.2. The van der Waals surface area contributed by atoms with Crippen LogP contribution >= 0.6 is 0 Å². The molecule has 5 heteroatoms. The summed E-state index contributed by atoms with van der Waals surface area (Å²) in [5.41, 5.74) is 2.15. The van der Waals surface area contributed by atoms with E-state index in [1.165, 1.54) is 5.56 Å². The standard InChI is InChI=1S/C16H22N4O/c1-12-8-9-17-16(19-12)18-11-15(20(2)3)13-6-5-7-14(10-13)21-4/h5-10,15H,11H2,1-4H3,(H,17,18,19). The number of anilines is 1. The van der Waals surface area contributed by atoms with E-state index in [4.69, 9.17) is 4.74 Å². The van der Waals surface area contributed by atoms with Crippen LogP contribution in [0.4, 0.5) is 5.95 Å². The highest BCUT2D eigenvalue weighted by Crippen LogP contribution is 2.22. The van der Waals surface area contributed by atoms with Gasteiger partial charge in [-0.1, -0.05) is 12.1 Å². The molecule has 5 nitrogen and oxygen atoms in total. The molecule has 0 bridgehead atoms. The molecule has 112 valence electrons. The largest absolute Gasteiger partial charge is 0.497 e. The summed E-state index contributed by atoms with van der Waals surface area (Å²) in [5, 5.41) is 3.30. The summed E-state index contributed by atoms with van der Waals surface area (Å²) in [6, 6.07) is 10.2. The lowest BCUT2D eigenvalue weighted by molar-refractivity contribution is 0.310. The third-order valence-corrected chi connectivity index (χ3v) is 3.35. The Morgan fingerprint density at radius 3 is 2.76 bits per heavy atom. The van der Waals surface area contributed by atoms with Gasteiger partial charge in [0.1, 0.15) is 5.75 Å². The number of nitrogens with zero attached hydrogens (tertiary/aromatic N) is 3. The van der Waals surface area contributed by atoms with Gasteiger partial charge in [0, 0.05) is 18.4 Å². The first-order valence-corrected chi connectivity index (χ1v) is 6.94. The van der Waals surface area contributed by atoms with Gasteiger partial charge in [-0.05, 0) is 44.8 Å². The maximum atomic E-state index is 5.30. The third kappa shape index (κ3) is 4.16. The molecule has 2 aromatic rings. The Morgan fingerprint density at radius 1 is 1.29 bits per heavy atom. The van der Waals surface area contributed by atoms with Crippen molar-refractivity contribution in [1.82, 2.24) is 14.9 Å². The number of likely N-dealkylation sites (N-methyl/N-ethyl adjacent to an activating group) is 1. The summed E-state index contributed by atoms with van der Waals surface area (Å²) >= 11 is 0. The second kappa shape index (κ2) is 7.04. The molecular weight excluding hydrogens is 264 g/mol. The first-order chi connectivity index (χ1) is 10.1. The fraction of sp³-hybridized carbons (Fsp3) is 0.375. The summed E-state index contributed by atoms with van der Waals surface area (Å²) in [5.74, 6) is 1.52. The van der Waals surface area contributed by atoms with Crippen LogP contribution in [-0.4, -0.2) is 42.6 Å². The van der Waals surface area contributed by atoms with E-state index >= 15 is 0 Å². The third-order valence-electron chi connectivity index (χ3n) is 3.35.